The van der Waals surface area contributed by atoms with E-state index in [1.165, 1.54) is 18.2 Å². The molecule has 0 saturated heterocycles. The Hall–Kier alpha value is -4.24. The minimum absolute atomic E-state index is 0.0379. The summed E-state index contributed by atoms with van der Waals surface area (Å²) in [6, 6.07) is 15.5. The number of thiocarbonyl (C=S) groups is 1. The SMILES string of the molecule is Cc1c(CCc2oc3cccc(C(=S)NC(N)=O)c3c2O)cccc1NC(=O)c1ccccc1F. The second-order valence-electron chi connectivity index (χ2n) is 7.89. The van der Waals surface area contributed by atoms with Gasteiger partial charge in [-0.25, -0.2) is 9.18 Å². The molecule has 0 spiro atoms. The Morgan fingerprint density at radius 3 is 2.49 bits per heavy atom. The number of nitrogens with two attached hydrogens (primary N) is 1. The monoisotopic (exact) mass is 491 g/mol. The van der Waals surface area contributed by atoms with Gasteiger partial charge in [-0.3, -0.25) is 10.1 Å². The summed E-state index contributed by atoms with van der Waals surface area (Å²) in [5.74, 6) is -0.837. The van der Waals surface area contributed by atoms with Crippen LogP contribution in [-0.2, 0) is 12.8 Å². The molecule has 0 aliphatic rings. The molecule has 0 fully saturated rings. The molecule has 0 bridgehead atoms. The first-order chi connectivity index (χ1) is 16.8. The molecule has 4 aromatic rings. The third-order valence-corrected chi connectivity index (χ3v) is 6.00. The zero-order valence-corrected chi connectivity index (χ0v) is 19.5. The molecule has 0 unspecified atom stereocenters. The second kappa shape index (κ2) is 9.94. The maximum Gasteiger partial charge on any atom is 0.317 e. The lowest BCUT2D eigenvalue weighted by Crippen LogP contribution is -2.34. The number of urea groups is 1. The van der Waals surface area contributed by atoms with Gasteiger partial charge in [0.05, 0.1) is 10.9 Å². The fourth-order valence-electron chi connectivity index (χ4n) is 3.89. The molecule has 4 rings (SSSR count). The van der Waals surface area contributed by atoms with E-state index in [1.54, 1.807) is 36.4 Å². The van der Waals surface area contributed by atoms with Gasteiger partial charge in [0.1, 0.15) is 22.1 Å². The number of hydrogen-bond acceptors (Lipinski definition) is 5. The van der Waals surface area contributed by atoms with Crippen molar-refractivity contribution in [3.63, 3.8) is 0 Å². The van der Waals surface area contributed by atoms with Crippen LogP contribution in [-0.4, -0.2) is 22.0 Å². The van der Waals surface area contributed by atoms with E-state index >= 15 is 0 Å². The zero-order valence-electron chi connectivity index (χ0n) is 18.7. The van der Waals surface area contributed by atoms with Crippen LogP contribution in [0.2, 0.25) is 0 Å². The molecule has 0 aliphatic carbocycles. The van der Waals surface area contributed by atoms with E-state index in [2.05, 4.69) is 10.6 Å². The number of benzene rings is 3. The van der Waals surface area contributed by atoms with Crippen molar-refractivity contribution in [2.45, 2.75) is 19.8 Å². The van der Waals surface area contributed by atoms with Crippen LogP contribution < -0.4 is 16.4 Å². The molecule has 35 heavy (non-hydrogen) atoms. The molecule has 3 amide bonds. The standard InChI is InChI=1S/C26H22FN3O4S/c1-14-15(6-4-10-19(14)29-24(32)16-7-2-3-9-18(16)27)12-13-21-23(31)22-17(25(35)30-26(28)33)8-5-11-20(22)34-21/h2-11,31H,12-13H2,1H3,(H,29,32)(H3,28,30,33,35). The Morgan fingerprint density at radius 1 is 1.03 bits per heavy atom. The van der Waals surface area contributed by atoms with Gasteiger partial charge in [-0.15, -0.1) is 0 Å². The minimum atomic E-state index is -0.798. The predicted molar refractivity (Wildman–Crippen MR) is 135 cm³/mol. The fourth-order valence-corrected chi connectivity index (χ4v) is 4.16. The van der Waals surface area contributed by atoms with Crippen molar-refractivity contribution >= 4 is 45.8 Å². The third kappa shape index (κ3) is 4.99. The van der Waals surface area contributed by atoms with E-state index < -0.39 is 17.8 Å². The number of carbonyl (C=O) groups excluding carboxylic acids is 2. The van der Waals surface area contributed by atoms with E-state index in [4.69, 9.17) is 22.4 Å². The third-order valence-electron chi connectivity index (χ3n) is 5.68. The molecule has 5 N–H and O–H groups in total. The quantitative estimate of drug-likeness (QED) is 0.284. The van der Waals surface area contributed by atoms with Crippen molar-refractivity contribution in [2.75, 3.05) is 5.32 Å². The molecule has 9 heteroatoms. The van der Waals surface area contributed by atoms with Crippen LogP contribution in [0.1, 0.15) is 32.8 Å². The van der Waals surface area contributed by atoms with E-state index in [-0.39, 0.29) is 16.3 Å². The van der Waals surface area contributed by atoms with Crippen molar-refractivity contribution in [1.29, 1.82) is 0 Å². The number of nitrogens with one attached hydrogen (secondary N) is 2. The van der Waals surface area contributed by atoms with Crippen LogP contribution in [0, 0.1) is 12.7 Å². The molecule has 1 aromatic heterocycles. The normalized spacial score (nSPS) is 10.8. The number of hydrogen-bond donors (Lipinski definition) is 4. The summed E-state index contributed by atoms with van der Waals surface area (Å²) >= 11 is 5.22. The van der Waals surface area contributed by atoms with E-state index in [9.17, 15) is 19.1 Å². The van der Waals surface area contributed by atoms with Gasteiger partial charge in [0.2, 0.25) is 0 Å². The second-order valence-corrected chi connectivity index (χ2v) is 8.30. The first kappa shape index (κ1) is 23.9. The summed E-state index contributed by atoms with van der Waals surface area (Å²) < 4.78 is 19.8. The molecule has 178 valence electrons. The zero-order chi connectivity index (χ0) is 25.1. The first-order valence-corrected chi connectivity index (χ1v) is 11.2. The van der Waals surface area contributed by atoms with Crippen LogP contribution in [0.4, 0.5) is 14.9 Å². The van der Waals surface area contributed by atoms with Gasteiger partial charge in [-0.2, -0.15) is 0 Å². The highest BCUT2D eigenvalue weighted by molar-refractivity contribution is 7.80. The molecular formula is C26H22FN3O4S. The Bertz CT molecular complexity index is 1460. The molecule has 0 radical (unpaired) electrons. The van der Waals surface area contributed by atoms with Crippen LogP contribution in [0.25, 0.3) is 11.0 Å². The molecule has 7 nitrogen and oxygen atoms in total. The largest absolute Gasteiger partial charge is 0.504 e. The van der Waals surface area contributed by atoms with E-state index in [1.807, 2.05) is 13.0 Å². The number of primary amides is 1. The highest BCUT2D eigenvalue weighted by Crippen LogP contribution is 2.36. The maximum absolute atomic E-state index is 14.0. The predicted octanol–water partition coefficient (Wildman–Crippen LogP) is 4.97. The summed E-state index contributed by atoms with van der Waals surface area (Å²) in [7, 11) is 0. The average molecular weight is 492 g/mol. The highest BCUT2D eigenvalue weighted by atomic mass is 32.1. The lowest BCUT2D eigenvalue weighted by atomic mass is 10.0. The maximum atomic E-state index is 14.0. The summed E-state index contributed by atoms with van der Waals surface area (Å²) in [6.07, 6.45) is 0.865. The molecule has 3 aromatic carbocycles. The summed E-state index contributed by atoms with van der Waals surface area (Å²) in [4.78, 5) is 23.8. The van der Waals surface area contributed by atoms with Gasteiger partial charge in [0.25, 0.3) is 5.91 Å². The topological polar surface area (TPSA) is 118 Å². The highest BCUT2D eigenvalue weighted by Gasteiger charge is 2.20. The number of anilines is 1. The fraction of sp³-hybridized carbons (Fsp3) is 0.115. The Kier molecular flexibility index (Phi) is 6.79. The number of carbonyl (C=O) groups is 2. The van der Waals surface area contributed by atoms with Crippen molar-refractivity contribution < 1.29 is 23.5 Å². The number of fused-ring (bicyclic) bond motifs is 1. The molecule has 1 heterocycles. The molecule has 0 saturated carbocycles. The molecule has 0 atom stereocenters. The van der Waals surface area contributed by atoms with Gasteiger partial charge in [0.15, 0.2) is 5.75 Å². The molecular weight excluding hydrogens is 469 g/mol. The lowest BCUT2D eigenvalue weighted by molar-refractivity contribution is 0.102. The van der Waals surface area contributed by atoms with Crippen molar-refractivity contribution in [3.05, 3.63) is 94.5 Å². The number of furan rings is 1. The summed E-state index contributed by atoms with van der Waals surface area (Å²) in [6.45, 7) is 1.86. The van der Waals surface area contributed by atoms with Gasteiger partial charge < -0.3 is 20.6 Å². The van der Waals surface area contributed by atoms with E-state index in [0.717, 1.165) is 11.1 Å². The van der Waals surface area contributed by atoms with Crippen molar-refractivity contribution in [2.24, 2.45) is 5.73 Å². The minimum Gasteiger partial charge on any atom is -0.504 e. The first-order valence-electron chi connectivity index (χ1n) is 10.7. The van der Waals surface area contributed by atoms with Crippen molar-refractivity contribution in [1.82, 2.24) is 5.32 Å². The van der Waals surface area contributed by atoms with Gasteiger partial charge in [0, 0.05) is 17.7 Å². The number of aryl methyl sites for hydroxylation is 2. The number of amides is 3. The van der Waals surface area contributed by atoms with Crippen LogP contribution in [0.5, 0.6) is 5.75 Å². The summed E-state index contributed by atoms with van der Waals surface area (Å²) in [5, 5.41) is 16.3. The Balaban J connectivity index is 1.55. The number of aromatic hydroxyl groups is 1. The van der Waals surface area contributed by atoms with E-state index in [0.29, 0.717) is 40.8 Å². The van der Waals surface area contributed by atoms with Crippen LogP contribution in [0.15, 0.2) is 65.1 Å². The van der Waals surface area contributed by atoms with Crippen molar-refractivity contribution in [3.8, 4) is 5.75 Å². The number of rotatable bonds is 6. The molecule has 0 aliphatic heterocycles. The van der Waals surface area contributed by atoms with Gasteiger partial charge in [-0.1, -0.05) is 48.6 Å². The van der Waals surface area contributed by atoms with Crippen LogP contribution in [0.3, 0.4) is 0 Å². The smallest absolute Gasteiger partial charge is 0.317 e. The Morgan fingerprint density at radius 2 is 1.74 bits per heavy atom. The lowest BCUT2D eigenvalue weighted by Gasteiger charge is -2.13. The van der Waals surface area contributed by atoms with Gasteiger partial charge in [-0.05, 0) is 48.7 Å². The van der Waals surface area contributed by atoms with Crippen LogP contribution >= 0.6 is 12.2 Å². The number of halogens is 1. The summed E-state index contributed by atoms with van der Waals surface area (Å²) in [5.41, 5.74) is 8.27. The average Bonchev–Trinajstić information content (AvgIpc) is 3.15. The Labute approximate surface area is 205 Å². The van der Waals surface area contributed by atoms with Gasteiger partial charge >= 0.3 is 6.03 Å².